The standard InChI is InChI=1S/C14H17N3/c1-10-5-4-8-17-9-13(16-14(10)17)11-6-2-3-7-12(11)15/h2-3,6-7,9-10H,4-5,8,15H2,1H3/t10-/m0/s1. The molecule has 88 valence electrons. The van der Waals surface area contributed by atoms with Gasteiger partial charge in [-0.25, -0.2) is 4.98 Å². The van der Waals surface area contributed by atoms with Gasteiger partial charge in [-0.1, -0.05) is 25.1 Å². The normalized spacial score (nSPS) is 19.0. The molecule has 2 aromatic rings. The Morgan fingerprint density at radius 1 is 1.35 bits per heavy atom. The number of aryl methyl sites for hydroxylation is 1. The van der Waals surface area contributed by atoms with E-state index in [9.17, 15) is 0 Å². The van der Waals surface area contributed by atoms with Gasteiger partial charge in [-0.15, -0.1) is 0 Å². The van der Waals surface area contributed by atoms with E-state index in [0.29, 0.717) is 5.92 Å². The second kappa shape index (κ2) is 3.91. The van der Waals surface area contributed by atoms with Crippen molar-refractivity contribution >= 4 is 5.69 Å². The number of imidazole rings is 1. The van der Waals surface area contributed by atoms with Crippen molar-refractivity contribution in [2.45, 2.75) is 32.2 Å². The monoisotopic (exact) mass is 227 g/mol. The molecule has 0 saturated heterocycles. The van der Waals surface area contributed by atoms with Gasteiger partial charge in [0.2, 0.25) is 0 Å². The summed E-state index contributed by atoms with van der Waals surface area (Å²) in [6.45, 7) is 3.33. The largest absolute Gasteiger partial charge is 0.398 e. The minimum Gasteiger partial charge on any atom is -0.398 e. The van der Waals surface area contributed by atoms with Crippen molar-refractivity contribution in [2.24, 2.45) is 0 Å². The van der Waals surface area contributed by atoms with E-state index in [2.05, 4.69) is 17.7 Å². The number of para-hydroxylation sites is 1. The van der Waals surface area contributed by atoms with E-state index in [1.165, 1.54) is 18.7 Å². The molecule has 0 spiro atoms. The van der Waals surface area contributed by atoms with Gasteiger partial charge in [-0.2, -0.15) is 0 Å². The molecule has 17 heavy (non-hydrogen) atoms. The lowest BCUT2D eigenvalue weighted by Crippen LogP contribution is -2.12. The van der Waals surface area contributed by atoms with Crippen LogP contribution in [-0.2, 0) is 6.54 Å². The summed E-state index contributed by atoms with van der Waals surface area (Å²) >= 11 is 0. The number of aromatic nitrogens is 2. The molecule has 0 bridgehead atoms. The third kappa shape index (κ3) is 1.71. The van der Waals surface area contributed by atoms with Crippen molar-refractivity contribution in [1.82, 2.24) is 9.55 Å². The molecule has 0 unspecified atom stereocenters. The number of fused-ring (bicyclic) bond motifs is 1. The van der Waals surface area contributed by atoms with E-state index < -0.39 is 0 Å². The highest BCUT2D eigenvalue weighted by atomic mass is 15.1. The lowest BCUT2D eigenvalue weighted by Gasteiger charge is -2.19. The third-order valence-corrected chi connectivity index (χ3v) is 3.52. The highest BCUT2D eigenvalue weighted by Gasteiger charge is 2.19. The second-order valence-corrected chi connectivity index (χ2v) is 4.81. The predicted octanol–water partition coefficient (Wildman–Crippen LogP) is 3.03. The molecule has 1 aromatic heterocycles. The third-order valence-electron chi connectivity index (χ3n) is 3.52. The zero-order chi connectivity index (χ0) is 11.8. The summed E-state index contributed by atoms with van der Waals surface area (Å²) in [5.41, 5.74) is 8.85. The summed E-state index contributed by atoms with van der Waals surface area (Å²) in [4.78, 5) is 4.75. The van der Waals surface area contributed by atoms with Crippen molar-refractivity contribution in [1.29, 1.82) is 0 Å². The van der Waals surface area contributed by atoms with Gasteiger partial charge in [0, 0.05) is 29.9 Å². The number of hydrogen-bond donors (Lipinski definition) is 1. The summed E-state index contributed by atoms with van der Waals surface area (Å²) in [6, 6.07) is 7.93. The fourth-order valence-electron chi connectivity index (χ4n) is 2.56. The molecule has 3 nitrogen and oxygen atoms in total. The summed E-state index contributed by atoms with van der Waals surface area (Å²) in [5, 5.41) is 0. The molecule has 1 aliphatic rings. The Hall–Kier alpha value is -1.77. The van der Waals surface area contributed by atoms with Gasteiger partial charge in [-0.05, 0) is 18.9 Å². The van der Waals surface area contributed by atoms with Gasteiger partial charge in [-0.3, -0.25) is 0 Å². The summed E-state index contributed by atoms with van der Waals surface area (Å²) in [5.74, 6) is 1.76. The molecular weight excluding hydrogens is 210 g/mol. The summed E-state index contributed by atoms with van der Waals surface area (Å²) in [7, 11) is 0. The molecule has 2 N–H and O–H groups in total. The Balaban J connectivity index is 2.08. The van der Waals surface area contributed by atoms with E-state index >= 15 is 0 Å². The summed E-state index contributed by atoms with van der Waals surface area (Å²) in [6.07, 6.45) is 4.62. The van der Waals surface area contributed by atoms with Crippen LogP contribution >= 0.6 is 0 Å². The van der Waals surface area contributed by atoms with Crippen LogP contribution in [0, 0.1) is 0 Å². The quantitative estimate of drug-likeness (QED) is 0.761. The smallest absolute Gasteiger partial charge is 0.112 e. The molecule has 0 fully saturated rings. The molecular formula is C14H17N3. The fraction of sp³-hybridized carbons (Fsp3) is 0.357. The van der Waals surface area contributed by atoms with Gasteiger partial charge >= 0.3 is 0 Å². The van der Waals surface area contributed by atoms with E-state index in [0.717, 1.165) is 23.5 Å². The van der Waals surface area contributed by atoms with Crippen LogP contribution in [0.4, 0.5) is 5.69 Å². The van der Waals surface area contributed by atoms with Crippen molar-refractivity contribution in [2.75, 3.05) is 5.73 Å². The SMILES string of the molecule is C[C@H]1CCCn2cc(-c3ccccc3N)nc21. The van der Waals surface area contributed by atoms with Crippen molar-refractivity contribution in [3.05, 3.63) is 36.3 Å². The molecule has 0 saturated carbocycles. The first-order valence-electron chi connectivity index (χ1n) is 6.17. The predicted molar refractivity (Wildman–Crippen MR) is 69.7 cm³/mol. The average Bonchev–Trinajstić information content (AvgIpc) is 2.75. The van der Waals surface area contributed by atoms with Crippen LogP contribution in [0.3, 0.4) is 0 Å². The van der Waals surface area contributed by atoms with E-state index in [1.54, 1.807) is 0 Å². The zero-order valence-electron chi connectivity index (χ0n) is 10.1. The molecule has 2 heterocycles. The molecule has 3 heteroatoms. The van der Waals surface area contributed by atoms with E-state index in [1.807, 2.05) is 24.3 Å². The molecule has 0 radical (unpaired) electrons. The number of nitrogen functional groups attached to an aromatic ring is 1. The number of nitrogens with zero attached hydrogens (tertiary/aromatic N) is 2. The first-order chi connectivity index (χ1) is 8.25. The first-order valence-corrected chi connectivity index (χ1v) is 6.17. The Morgan fingerprint density at radius 3 is 2.94 bits per heavy atom. The van der Waals surface area contributed by atoms with Crippen LogP contribution in [0.25, 0.3) is 11.3 Å². The average molecular weight is 227 g/mol. The van der Waals surface area contributed by atoms with Crippen LogP contribution in [0.15, 0.2) is 30.5 Å². The number of benzene rings is 1. The van der Waals surface area contributed by atoms with Crippen LogP contribution in [0.5, 0.6) is 0 Å². The number of anilines is 1. The maximum absolute atomic E-state index is 6.00. The van der Waals surface area contributed by atoms with Crippen molar-refractivity contribution in [3.63, 3.8) is 0 Å². The lowest BCUT2D eigenvalue weighted by atomic mass is 10.0. The Bertz CT molecular complexity index is 542. The molecule has 3 rings (SSSR count). The van der Waals surface area contributed by atoms with E-state index in [4.69, 9.17) is 10.7 Å². The van der Waals surface area contributed by atoms with Gasteiger partial charge < -0.3 is 10.3 Å². The molecule has 0 aliphatic carbocycles. The maximum Gasteiger partial charge on any atom is 0.112 e. The Morgan fingerprint density at radius 2 is 2.18 bits per heavy atom. The highest BCUT2D eigenvalue weighted by molar-refractivity contribution is 5.73. The topological polar surface area (TPSA) is 43.8 Å². The van der Waals surface area contributed by atoms with Gasteiger partial charge in [0.1, 0.15) is 5.82 Å². The van der Waals surface area contributed by atoms with Crippen molar-refractivity contribution < 1.29 is 0 Å². The zero-order valence-corrected chi connectivity index (χ0v) is 10.1. The first kappa shape index (κ1) is 10.4. The fourth-order valence-corrected chi connectivity index (χ4v) is 2.56. The van der Waals surface area contributed by atoms with Crippen LogP contribution in [0.1, 0.15) is 31.5 Å². The molecule has 0 amide bonds. The van der Waals surface area contributed by atoms with E-state index in [-0.39, 0.29) is 0 Å². The van der Waals surface area contributed by atoms with Crippen LogP contribution < -0.4 is 5.73 Å². The van der Waals surface area contributed by atoms with Gasteiger partial charge in [0.05, 0.1) is 5.69 Å². The lowest BCUT2D eigenvalue weighted by molar-refractivity contribution is 0.463. The molecule has 1 aromatic carbocycles. The van der Waals surface area contributed by atoms with Crippen LogP contribution in [-0.4, -0.2) is 9.55 Å². The van der Waals surface area contributed by atoms with Crippen molar-refractivity contribution in [3.8, 4) is 11.3 Å². The number of hydrogen-bond acceptors (Lipinski definition) is 2. The maximum atomic E-state index is 6.00. The molecule has 1 atom stereocenters. The minimum absolute atomic E-state index is 0.558. The number of nitrogens with two attached hydrogens (primary N) is 1. The Kier molecular flexibility index (Phi) is 2.39. The van der Waals surface area contributed by atoms with Crippen LogP contribution in [0.2, 0.25) is 0 Å². The minimum atomic E-state index is 0.558. The summed E-state index contributed by atoms with van der Waals surface area (Å²) < 4.78 is 2.27. The highest BCUT2D eigenvalue weighted by Crippen LogP contribution is 2.31. The second-order valence-electron chi connectivity index (χ2n) is 4.81. The van der Waals surface area contributed by atoms with Gasteiger partial charge in [0.25, 0.3) is 0 Å². The van der Waals surface area contributed by atoms with Gasteiger partial charge in [0.15, 0.2) is 0 Å². The number of rotatable bonds is 1. The Labute approximate surface area is 101 Å². The molecule has 1 aliphatic heterocycles.